The van der Waals surface area contributed by atoms with E-state index in [0.29, 0.717) is 22.8 Å². The molecule has 0 radical (unpaired) electrons. The summed E-state index contributed by atoms with van der Waals surface area (Å²) >= 11 is 0. The molecule has 0 saturated carbocycles. The van der Waals surface area contributed by atoms with E-state index in [2.05, 4.69) is 10.9 Å². The van der Waals surface area contributed by atoms with Crippen molar-refractivity contribution in [2.45, 2.75) is 105 Å². The van der Waals surface area contributed by atoms with Crippen LogP contribution >= 0.6 is 0 Å². The summed E-state index contributed by atoms with van der Waals surface area (Å²) in [5.74, 6) is 1.37. The number of fused-ring (bicyclic) bond motifs is 1. The van der Waals surface area contributed by atoms with Crippen molar-refractivity contribution in [3.05, 3.63) is 90.7 Å². The molecule has 290 valence electrons. The van der Waals surface area contributed by atoms with Crippen LogP contribution in [0.5, 0.6) is 5.75 Å². The van der Waals surface area contributed by atoms with E-state index in [1.807, 2.05) is 33.8 Å². The minimum Gasteiger partial charge on any atom is -0.458 e. The van der Waals surface area contributed by atoms with E-state index in [9.17, 15) is 24.3 Å². The maximum atomic E-state index is 13.7. The fourth-order valence-corrected chi connectivity index (χ4v) is 7.05. The fourth-order valence-electron chi connectivity index (χ4n) is 7.05. The third-order valence-electron chi connectivity index (χ3n) is 9.54. The third kappa shape index (κ3) is 7.55. The monoisotopic (exact) mass is 759 g/mol. The molecule has 1 aliphatic heterocycles. The minimum absolute atomic E-state index is 0.00411. The summed E-state index contributed by atoms with van der Waals surface area (Å²) in [4.78, 5) is 63.3. The Morgan fingerprint density at radius 3 is 2.35 bits per heavy atom. The maximum absolute atomic E-state index is 13.7. The average Bonchev–Trinajstić information content (AvgIpc) is 3.83. The van der Waals surface area contributed by atoms with Crippen molar-refractivity contribution in [2.24, 2.45) is 4.99 Å². The minimum atomic E-state index is -1.71. The fraction of sp³-hybridized carbons (Fsp3) is 0.447. The Balaban J connectivity index is 1.34. The number of terminal acetylenes is 1. The van der Waals surface area contributed by atoms with Crippen molar-refractivity contribution in [3.8, 4) is 18.1 Å². The molecule has 6 rings (SSSR count). The zero-order valence-corrected chi connectivity index (χ0v) is 31.7. The summed E-state index contributed by atoms with van der Waals surface area (Å²) in [6, 6.07) is 3.69. The highest BCUT2D eigenvalue weighted by Gasteiger charge is 2.51. The summed E-state index contributed by atoms with van der Waals surface area (Å²) in [5.41, 5.74) is 0.714. The van der Waals surface area contributed by atoms with Gasteiger partial charge in [0.05, 0.1) is 25.9 Å². The van der Waals surface area contributed by atoms with Crippen LogP contribution < -0.4 is 21.9 Å². The molecule has 1 aromatic carbocycles. The van der Waals surface area contributed by atoms with Crippen LogP contribution in [0.1, 0.15) is 85.4 Å². The Kier molecular flexibility index (Phi) is 10.3. The molecule has 17 heteroatoms. The number of hydrogen-bond acceptors (Lipinski definition) is 15. The number of nitrogens with zero attached hydrogens (tertiary/aromatic N) is 5. The number of aliphatic hydroxyl groups excluding tert-OH is 1. The van der Waals surface area contributed by atoms with Gasteiger partial charge in [-0.05, 0) is 51.8 Å². The van der Waals surface area contributed by atoms with Crippen molar-refractivity contribution in [2.75, 3.05) is 6.61 Å². The van der Waals surface area contributed by atoms with Crippen molar-refractivity contribution >= 4 is 23.1 Å². The summed E-state index contributed by atoms with van der Waals surface area (Å²) in [6.45, 7) is 12.8. The highest BCUT2D eigenvalue weighted by Crippen LogP contribution is 2.42. The zero-order valence-electron chi connectivity index (χ0n) is 31.7. The SMILES string of the molecule is C#C[C@]1(CO)O[C@@H](n2cnc3/c(=N/Cc4oc(=O)oc4C)n(Cc4oc(=O)oc4C)c(C)nc32)C[C@@H]1OC(=O)CC(C)(C)c1c(C)cc(C)cc1OC(C)=O. The molecule has 5 aromatic rings. The number of carbonyl (C=O) groups excluding carboxylic acids is 2. The van der Waals surface area contributed by atoms with E-state index in [1.165, 1.54) is 13.3 Å². The van der Waals surface area contributed by atoms with E-state index in [4.69, 9.17) is 48.3 Å². The highest BCUT2D eigenvalue weighted by atomic mass is 16.6. The molecule has 0 spiro atoms. The normalized spacial score (nSPS) is 18.9. The Morgan fingerprint density at radius 1 is 1.07 bits per heavy atom. The number of carbonyl (C=O) groups is 2. The van der Waals surface area contributed by atoms with Gasteiger partial charge in [-0.3, -0.25) is 19.1 Å². The second-order valence-electron chi connectivity index (χ2n) is 14.2. The molecule has 1 N–H and O–H groups in total. The van der Waals surface area contributed by atoms with Gasteiger partial charge in [0.15, 0.2) is 33.8 Å². The van der Waals surface area contributed by atoms with Crippen molar-refractivity contribution in [1.82, 2.24) is 19.1 Å². The van der Waals surface area contributed by atoms with E-state index in [-0.39, 0.29) is 60.0 Å². The number of aryl methyl sites for hydroxylation is 5. The van der Waals surface area contributed by atoms with Gasteiger partial charge >= 0.3 is 23.6 Å². The summed E-state index contributed by atoms with van der Waals surface area (Å²) in [7, 11) is 0. The van der Waals surface area contributed by atoms with Gasteiger partial charge in [0.1, 0.15) is 42.0 Å². The molecule has 1 fully saturated rings. The quantitative estimate of drug-likeness (QED) is 0.116. The van der Waals surface area contributed by atoms with E-state index >= 15 is 0 Å². The predicted molar refractivity (Wildman–Crippen MR) is 191 cm³/mol. The number of benzene rings is 1. The predicted octanol–water partition coefficient (Wildman–Crippen LogP) is 3.50. The molecule has 0 unspecified atom stereocenters. The molecule has 4 aromatic heterocycles. The van der Waals surface area contributed by atoms with Gasteiger partial charge in [-0.15, -0.1) is 6.42 Å². The zero-order chi connectivity index (χ0) is 40.0. The molecular weight excluding hydrogens is 718 g/mol. The van der Waals surface area contributed by atoms with E-state index < -0.39 is 53.5 Å². The van der Waals surface area contributed by atoms with Crippen LogP contribution in [-0.4, -0.2) is 54.5 Å². The lowest BCUT2D eigenvalue weighted by Gasteiger charge is -2.31. The lowest BCUT2D eigenvalue weighted by atomic mass is 9.78. The number of hydrogen-bond donors (Lipinski definition) is 1. The van der Waals surface area contributed by atoms with Gasteiger partial charge in [-0.1, -0.05) is 25.8 Å². The lowest BCUT2D eigenvalue weighted by Crippen LogP contribution is -2.44. The summed E-state index contributed by atoms with van der Waals surface area (Å²) in [5, 5.41) is 10.6. The molecule has 55 heavy (non-hydrogen) atoms. The van der Waals surface area contributed by atoms with Gasteiger partial charge in [0.2, 0.25) is 0 Å². The van der Waals surface area contributed by atoms with E-state index in [0.717, 1.165) is 11.1 Å². The van der Waals surface area contributed by atoms with Crippen LogP contribution in [0, 0.1) is 47.0 Å². The van der Waals surface area contributed by atoms with Gasteiger partial charge in [0, 0.05) is 24.3 Å². The topological polar surface area (TPSA) is 217 Å². The molecule has 0 bridgehead atoms. The Morgan fingerprint density at radius 2 is 1.75 bits per heavy atom. The molecule has 1 aliphatic rings. The molecule has 17 nitrogen and oxygen atoms in total. The first-order valence-corrected chi connectivity index (χ1v) is 17.3. The molecule has 0 amide bonds. The standard InChI is InChI=1S/C38H41N5O12/c1-10-38(17-44)28(54-30(46)14-37(8,9)31-20(3)11-19(2)12-25(31)51-24(7)45)13-29(55-38)43-18-40-32-33(39-15-26-21(4)49-35(47)52-26)42(23(6)41-34(32)43)16-27-22(5)50-36(48)53-27/h1,11-12,18,28-29,44H,13-17H2,2-9H3/b39-33-/t28-,29+,38+/m0/s1. The van der Waals surface area contributed by atoms with Crippen LogP contribution in [0.25, 0.3) is 11.2 Å². The first-order chi connectivity index (χ1) is 25.9. The summed E-state index contributed by atoms with van der Waals surface area (Å²) in [6.07, 6.45) is 5.31. The number of esters is 2. The van der Waals surface area contributed by atoms with Gasteiger partial charge < -0.3 is 41.6 Å². The van der Waals surface area contributed by atoms with Crippen LogP contribution in [0.2, 0.25) is 0 Å². The third-order valence-corrected chi connectivity index (χ3v) is 9.54. The molecule has 3 atom stereocenters. The second kappa shape index (κ2) is 14.7. The molecule has 5 heterocycles. The Labute approximate surface area is 313 Å². The number of imidazole rings is 1. The number of ether oxygens (including phenoxy) is 3. The first-order valence-electron chi connectivity index (χ1n) is 17.3. The van der Waals surface area contributed by atoms with Gasteiger partial charge in [0.25, 0.3) is 0 Å². The molecule has 1 saturated heterocycles. The average molecular weight is 760 g/mol. The Bertz CT molecular complexity index is 2540. The highest BCUT2D eigenvalue weighted by molar-refractivity contribution is 5.74. The van der Waals surface area contributed by atoms with Crippen LogP contribution in [0.4, 0.5) is 0 Å². The second-order valence-corrected chi connectivity index (χ2v) is 14.2. The van der Waals surface area contributed by atoms with Crippen LogP contribution in [0.15, 0.2) is 50.7 Å². The van der Waals surface area contributed by atoms with Crippen molar-refractivity contribution in [3.63, 3.8) is 0 Å². The van der Waals surface area contributed by atoms with Crippen LogP contribution in [0.3, 0.4) is 0 Å². The number of rotatable bonds is 11. The lowest BCUT2D eigenvalue weighted by molar-refractivity contribution is -0.160. The van der Waals surface area contributed by atoms with Crippen LogP contribution in [-0.2, 0) is 37.6 Å². The van der Waals surface area contributed by atoms with Crippen molar-refractivity contribution in [1.29, 1.82) is 0 Å². The molecular formula is C38H41N5O12. The number of aromatic nitrogens is 4. The smallest absolute Gasteiger partial charge is 0.458 e. The molecule has 0 aliphatic carbocycles. The Hall–Kier alpha value is -5.99. The largest absolute Gasteiger partial charge is 0.519 e. The van der Waals surface area contributed by atoms with Gasteiger partial charge in [-0.25, -0.2) is 19.6 Å². The number of aliphatic hydroxyl groups is 1. The maximum Gasteiger partial charge on any atom is 0.519 e. The van der Waals surface area contributed by atoms with Crippen molar-refractivity contribution < 1.29 is 46.6 Å². The van der Waals surface area contributed by atoms with Gasteiger partial charge in [-0.2, -0.15) is 0 Å². The summed E-state index contributed by atoms with van der Waals surface area (Å²) < 4.78 is 41.5. The first kappa shape index (κ1) is 38.7. The van der Waals surface area contributed by atoms with E-state index in [1.54, 1.807) is 36.0 Å².